The van der Waals surface area contributed by atoms with Crippen LogP contribution in [0.4, 0.5) is 10.1 Å². The highest BCUT2D eigenvalue weighted by Crippen LogP contribution is 2.20. The molecule has 3 rings (SSSR count). The van der Waals surface area contributed by atoms with Crippen LogP contribution in [0.2, 0.25) is 0 Å². The molecule has 0 atom stereocenters. The first kappa shape index (κ1) is 14.9. The van der Waals surface area contributed by atoms with Crippen molar-refractivity contribution >= 4 is 5.69 Å². The minimum atomic E-state index is -0.0924. The molecule has 116 valence electrons. The second-order valence-corrected chi connectivity index (χ2v) is 5.71. The van der Waals surface area contributed by atoms with Gasteiger partial charge in [0.2, 0.25) is 0 Å². The van der Waals surface area contributed by atoms with E-state index in [1.165, 1.54) is 10.6 Å². The summed E-state index contributed by atoms with van der Waals surface area (Å²) in [6.07, 6.45) is 0. The predicted octanol–water partition coefficient (Wildman–Crippen LogP) is 1.74. The molecular formula is C18H22FN2O+. The Balaban J connectivity index is 1.59. The molecule has 2 aromatic rings. The van der Waals surface area contributed by atoms with Gasteiger partial charge in [-0.2, -0.15) is 0 Å². The molecule has 0 spiro atoms. The van der Waals surface area contributed by atoms with Crippen molar-refractivity contribution in [3.8, 4) is 5.75 Å². The predicted molar refractivity (Wildman–Crippen MR) is 86.0 cm³/mol. The number of nitrogens with one attached hydrogen (secondary N) is 1. The van der Waals surface area contributed by atoms with Crippen LogP contribution in [-0.2, 0) is 6.54 Å². The quantitative estimate of drug-likeness (QED) is 0.926. The molecule has 1 aliphatic heterocycles. The van der Waals surface area contributed by atoms with Gasteiger partial charge < -0.3 is 14.5 Å². The highest BCUT2D eigenvalue weighted by molar-refractivity contribution is 5.50. The van der Waals surface area contributed by atoms with Crippen molar-refractivity contribution in [2.24, 2.45) is 0 Å². The van der Waals surface area contributed by atoms with Crippen LogP contribution in [0, 0.1) is 5.82 Å². The molecule has 1 heterocycles. The smallest absolute Gasteiger partial charge is 0.132 e. The molecular weight excluding hydrogens is 279 g/mol. The van der Waals surface area contributed by atoms with E-state index < -0.39 is 0 Å². The molecule has 0 amide bonds. The number of hydrogen-bond donors (Lipinski definition) is 1. The summed E-state index contributed by atoms with van der Waals surface area (Å²) in [6.45, 7) is 4.77. The van der Waals surface area contributed by atoms with E-state index >= 15 is 0 Å². The summed E-state index contributed by atoms with van der Waals surface area (Å²) < 4.78 is 19.0. The number of halogens is 1. The number of nitrogens with zero attached hydrogens (tertiary/aromatic N) is 1. The topological polar surface area (TPSA) is 16.9 Å². The molecule has 0 bridgehead atoms. The monoisotopic (exact) mass is 301 g/mol. The molecule has 0 saturated carbocycles. The summed E-state index contributed by atoms with van der Waals surface area (Å²) in [7, 11) is 1.69. The molecule has 1 aliphatic rings. The van der Waals surface area contributed by atoms with Crippen molar-refractivity contribution in [1.29, 1.82) is 0 Å². The average Bonchev–Trinajstić information content (AvgIpc) is 2.58. The van der Waals surface area contributed by atoms with E-state index in [-0.39, 0.29) is 5.82 Å². The summed E-state index contributed by atoms with van der Waals surface area (Å²) >= 11 is 0. The Morgan fingerprint density at radius 1 is 1.09 bits per heavy atom. The van der Waals surface area contributed by atoms with E-state index in [0.717, 1.165) is 44.0 Å². The van der Waals surface area contributed by atoms with Gasteiger partial charge in [-0.1, -0.05) is 24.3 Å². The van der Waals surface area contributed by atoms with Crippen molar-refractivity contribution in [3.63, 3.8) is 0 Å². The number of rotatable bonds is 4. The van der Waals surface area contributed by atoms with Crippen molar-refractivity contribution < 1.29 is 14.0 Å². The lowest BCUT2D eigenvalue weighted by Crippen LogP contribution is -3.13. The first-order valence-electron chi connectivity index (χ1n) is 7.72. The fourth-order valence-corrected chi connectivity index (χ4v) is 2.98. The number of hydrogen-bond acceptors (Lipinski definition) is 2. The van der Waals surface area contributed by atoms with E-state index in [0.29, 0.717) is 0 Å². The Hall–Kier alpha value is -2.07. The van der Waals surface area contributed by atoms with E-state index in [2.05, 4.69) is 17.0 Å². The van der Waals surface area contributed by atoms with E-state index in [9.17, 15) is 4.39 Å². The van der Waals surface area contributed by atoms with Gasteiger partial charge in [-0.3, -0.25) is 0 Å². The number of methoxy groups -OCH3 is 1. The Bertz CT molecular complexity index is 624. The lowest BCUT2D eigenvalue weighted by Gasteiger charge is -2.33. The van der Waals surface area contributed by atoms with Gasteiger partial charge in [0.05, 0.1) is 33.3 Å². The van der Waals surface area contributed by atoms with Crippen molar-refractivity contribution in [1.82, 2.24) is 0 Å². The summed E-state index contributed by atoms with van der Waals surface area (Å²) in [6, 6.07) is 15.2. The minimum Gasteiger partial charge on any atom is -0.497 e. The van der Waals surface area contributed by atoms with Gasteiger partial charge >= 0.3 is 0 Å². The maximum absolute atomic E-state index is 13.7. The van der Waals surface area contributed by atoms with Crippen LogP contribution in [0.3, 0.4) is 0 Å². The third kappa shape index (κ3) is 3.39. The van der Waals surface area contributed by atoms with Gasteiger partial charge in [-0.25, -0.2) is 4.39 Å². The molecule has 1 N–H and O–H groups in total. The largest absolute Gasteiger partial charge is 0.497 e. The zero-order chi connectivity index (χ0) is 15.4. The van der Waals surface area contributed by atoms with Crippen LogP contribution in [-0.4, -0.2) is 33.3 Å². The van der Waals surface area contributed by atoms with Gasteiger partial charge in [-0.15, -0.1) is 0 Å². The Morgan fingerprint density at radius 2 is 1.86 bits per heavy atom. The number of piperazine rings is 1. The molecule has 2 aromatic carbocycles. The highest BCUT2D eigenvalue weighted by atomic mass is 19.1. The van der Waals surface area contributed by atoms with Crippen LogP contribution in [0.5, 0.6) is 5.75 Å². The normalized spacial score (nSPS) is 15.8. The van der Waals surface area contributed by atoms with Crippen molar-refractivity contribution in [3.05, 3.63) is 59.9 Å². The molecule has 0 unspecified atom stereocenters. The Kier molecular flexibility index (Phi) is 4.59. The standard InChI is InChI=1S/C18H21FN2O/c1-22-17-7-4-6-16(13-17)21-11-9-20(10-12-21)14-15-5-2-3-8-18(15)19/h2-8,13H,9-12,14H2,1H3/p+1. The van der Waals surface area contributed by atoms with Crippen molar-refractivity contribution in [2.45, 2.75) is 6.54 Å². The van der Waals surface area contributed by atoms with Crippen LogP contribution in [0.15, 0.2) is 48.5 Å². The molecule has 22 heavy (non-hydrogen) atoms. The molecule has 0 aromatic heterocycles. The molecule has 1 fully saturated rings. The summed E-state index contributed by atoms with van der Waals surface area (Å²) in [5.41, 5.74) is 2.01. The first-order chi connectivity index (χ1) is 10.8. The Morgan fingerprint density at radius 3 is 2.59 bits per heavy atom. The summed E-state index contributed by atoms with van der Waals surface area (Å²) in [4.78, 5) is 3.80. The first-order valence-corrected chi connectivity index (χ1v) is 7.72. The minimum absolute atomic E-state index is 0.0924. The lowest BCUT2D eigenvalue weighted by molar-refractivity contribution is -0.914. The average molecular weight is 301 g/mol. The zero-order valence-corrected chi connectivity index (χ0v) is 12.9. The summed E-state index contributed by atoms with van der Waals surface area (Å²) in [5.74, 6) is 0.795. The Labute approximate surface area is 130 Å². The van der Waals surface area contributed by atoms with Gasteiger partial charge in [0.1, 0.15) is 18.1 Å². The van der Waals surface area contributed by atoms with Crippen molar-refractivity contribution in [2.75, 3.05) is 38.2 Å². The third-order valence-corrected chi connectivity index (χ3v) is 4.29. The maximum Gasteiger partial charge on any atom is 0.132 e. The molecule has 3 nitrogen and oxygen atoms in total. The zero-order valence-electron chi connectivity index (χ0n) is 12.9. The molecule has 4 heteroatoms. The highest BCUT2D eigenvalue weighted by Gasteiger charge is 2.21. The fourth-order valence-electron chi connectivity index (χ4n) is 2.98. The van der Waals surface area contributed by atoms with Gasteiger partial charge in [0.25, 0.3) is 0 Å². The lowest BCUT2D eigenvalue weighted by atomic mass is 10.1. The molecule has 0 radical (unpaired) electrons. The molecule has 1 saturated heterocycles. The van der Waals surface area contributed by atoms with Gasteiger partial charge in [0.15, 0.2) is 0 Å². The van der Waals surface area contributed by atoms with E-state index in [1.807, 2.05) is 24.3 Å². The van der Waals surface area contributed by atoms with E-state index in [1.54, 1.807) is 19.2 Å². The number of anilines is 1. The third-order valence-electron chi connectivity index (χ3n) is 4.29. The van der Waals surface area contributed by atoms with Crippen LogP contribution in [0.25, 0.3) is 0 Å². The summed E-state index contributed by atoms with van der Waals surface area (Å²) in [5, 5.41) is 0. The van der Waals surface area contributed by atoms with Crippen LogP contribution >= 0.6 is 0 Å². The second-order valence-electron chi connectivity index (χ2n) is 5.71. The van der Waals surface area contributed by atoms with Gasteiger partial charge in [0, 0.05) is 17.3 Å². The second kappa shape index (κ2) is 6.79. The fraction of sp³-hybridized carbons (Fsp3) is 0.333. The number of ether oxygens (including phenoxy) is 1. The SMILES string of the molecule is COc1cccc(N2CC[NH+](Cc3ccccc3F)CC2)c1. The maximum atomic E-state index is 13.7. The van der Waals surface area contributed by atoms with E-state index in [4.69, 9.17) is 4.74 Å². The number of benzene rings is 2. The number of quaternary nitrogens is 1. The van der Waals surface area contributed by atoms with Gasteiger partial charge in [-0.05, 0) is 18.2 Å². The molecule has 0 aliphatic carbocycles. The van der Waals surface area contributed by atoms with Crippen LogP contribution < -0.4 is 14.5 Å². The van der Waals surface area contributed by atoms with Crippen LogP contribution in [0.1, 0.15) is 5.56 Å².